The van der Waals surface area contributed by atoms with E-state index in [0.717, 1.165) is 17.0 Å². The zero-order chi connectivity index (χ0) is 22.0. The zero-order valence-electron chi connectivity index (χ0n) is 17.8. The molecule has 0 saturated carbocycles. The summed E-state index contributed by atoms with van der Waals surface area (Å²) in [6.07, 6.45) is -0.694. The van der Waals surface area contributed by atoms with Gasteiger partial charge in [-0.2, -0.15) is 4.98 Å². The second-order valence-corrected chi connectivity index (χ2v) is 8.26. The number of ether oxygens (including phenoxy) is 2. The van der Waals surface area contributed by atoms with Crippen LogP contribution in [0.3, 0.4) is 0 Å². The van der Waals surface area contributed by atoms with Gasteiger partial charge in [0.2, 0.25) is 4.96 Å². The van der Waals surface area contributed by atoms with Crippen LogP contribution in [0.1, 0.15) is 32.3 Å². The summed E-state index contributed by atoms with van der Waals surface area (Å²) >= 11 is 1.44. The van der Waals surface area contributed by atoms with Gasteiger partial charge in [0, 0.05) is 10.9 Å². The van der Waals surface area contributed by atoms with Crippen molar-refractivity contribution in [3.8, 4) is 22.8 Å². The minimum absolute atomic E-state index is 0.235. The molecule has 0 aliphatic heterocycles. The lowest BCUT2D eigenvalue weighted by molar-refractivity contribution is -0.122. The number of thiazole rings is 1. The number of para-hydroxylation sites is 1. The summed E-state index contributed by atoms with van der Waals surface area (Å²) in [6.45, 7) is 5.96. The molecule has 1 unspecified atom stereocenters. The van der Waals surface area contributed by atoms with E-state index in [9.17, 15) is 4.79 Å². The van der Waals surface area contributed by atoms with Gasteiger partial charge in [-0.25, -0.2) is 4.52 Å². The number of amides is 1. The second-order valence-electron chi connectivity index (χ2n) is 7.42. The number of carbonyl (C=O) groups is 1. The number of rotatable bonds is 7. The first-order chi connectivity index (χ1) is 15.0. The molecule has 1 atom stereocenters. The van der Waals surface area contributed by atoms with Crippen LogP contribution in [-0.4, -0.2) is 33.7 Å². The molecule has 4 aromatic rings. The molecule has 1 amide bonds. The van der Waals surface area contributed by atoms with Crippen LogP contribution >= 0.6 is 11.3 Å². The molecule has 0 fully saturated rings. The molecule has 7 nitrogen and oxygen atoms in total. The van der Waals surface area contributed by atoms with E-state index < -0.39 is 6.10 Å². The van der Waals surface area contributed by atoms with Gasteiger partial charge >= 0.3 is 0 Å². The number of fused-ring (bicyclic) bond motifs is 1. The molecule has 2 heterocycles. The van der Waals surface area contributed by atoms with Crippen LogP contribution in [0.2, 0.25) is 0 Å². The largest absolute Gasteiger partial charge is 0.496 e. The number of hydrogen-bond acceptors (Lipinski definition) is 6. The highest BCUT2D eigenvalue weighted by molar-refractivity contribution is 7.15. The molecule has 2 aromatic heterocycles. The number of anilines is 1. The summed E-state index contributed by atoms with van der Waals surface area (Å²) in [6, 6.07) is 15.5. The Hall–Kier alpha value is -3.39. The van der Waals surface area contributed by atoms with Crippen molar-refractivity contribution in [1.29, 1.82) is 0 Å². The Morgan fingerprint density at radius 3 is 2.55 bits per heavy atom. The molecular formula is C23H24N4O3S. The number of benzene rings is 2. The van der Waals surface area contributed by atoms with Crippen molar-refractivity contribution in [2.75, 3.05) is 12.4 Å². The summed E-state index contributed by atoms with van der Waals surface area (Å²) in [4.78, 5) is 17.7. The molecule has 0 bridgehead atoms. The SMILES string of the molecule is COc1ccccc1-c1csc2nc(NC(=O)C(C)Oc3ccc(C(C)C)cc3)nn12. The topological polar surface area (TPSA) is 77.8 Å². The zero-order valence-corrected chi connectivity index (χ0v) is 18.6. The lowest BCUT2D eigenvalue weighted by Gasteiger charge is -2.14. The van der Waals surface area contributed by atoms with Crippen molar-refractivity contribution in [1.82, 2.24) is 14.6 Å². The Labute approximate surface area is 184 Å². The fraction of sp³-hybridized carbons (Fsp3) is 0.261. The van der Waals surface area contributed by atoms with E-state index in [1.165, 1.54) is 16.9 Å². The van der Waals surface area contributed by atoms with E-state index in [1.54, 1.807) is 18.5 Å². The maximum absolute atomic E-state index is 12.6. The fourth-order valence-electron chi connectivity index (χ4n) is 3.18. The molecule has 0 spiro atoms. The maximum atomic E-state index is 12.6. The van der Waals surface area contributed by atoms with Crippen LogP contribution < -0.4 is 14.8 Å². The average Bonchev–Trinajstić information content (AvgIpc) is 3.34. The first kappa shape index (κ1) is 20.9. The first-order valence-electron chi connectivity index (χ1n) is 10.0. The summed E-state index contributed by atoms with van der Waals surface area (Å²) in [7, 11) is 1.63. The maximum Gasteiger partial charge on any atom is 0.267 e. The Morgan fingerprint density at radius 2 is 1.84 bits per heavy atom. The van der Waals surface area contributed by atoms with Gasteiger partial charge < -0.3 is 9.47 Å². The monoisotopic (exact) mass is 436 g/mol. The number of hydrogen-bond donors (Lipinski definition) is 1. The molecule has 4 rings (SSSR count). The Bertz CT molecular complexity index is 1200. The lowest BCUT2D eigenvalue weighted by Crippen LogP contribution is -2.30. The number of carbonyl (C=O) groups excluding carboxylic acids is 1. The van der Waals surface area contributed by atoms with Crippen LogP contribution in [0, 0.1) is 0 Å². The highest BCUT2D eigenvalue weighted by Gasteiger charge is 2.19. The summed E-state index contributed by atoms with van der Waals surface area (Å²) in [5, 5.41) is 9.16. The first-order valence-corrected chi connectivity index (χ1v) is 10.9. The Morgan fingerprint density at radius 1 is 1.10 bits per heavy atom. The molecule has 0 saturated heterocycles. The van der Waals surface area contributed by atoms with Gasteiger partial charge in [-0.1, -0.05) is 38.1 Å². The Kier molecular flexibility index (Phi) is 5.90. The smallest absolute Gasteiger partial charge is 0.267 e. The molecule has 31 heavy (non-hydrogen) atoms. The molecule has 160 valence electrons. The summed E-state index contributed by atoms with van der Waals surface area (Å²) in [5.41, 5.74) is 2.97. The molecule has 0 radical (unpaired) electrons. The van der Waals surface area contributed by atoms with Gasteiger partial charge in [0.25, 0.3) is 11.9 Å². The van der Waals surface area contributed by atoms with Crippen molar-refractivity contribution >= 4 is 28.2 Å². The summed E-state index contributed by atoms with van der Waals surface area (Å²) < 4.78 is 12.9. The standard InChI is InChI=1S/C23H24N4O3S/c1-14(2)16-9-11-17(12-10-16)30-15(3)21(28)24-22-25-23-27(26-22)19(13-31-23)18-7-5-6-8-20(18)29-4/h5-15H,1-4H3,(H,24,26,28). The van der Waals surface area contributed by atoms with Gasteiger partial charge in [0.1, 0.15) is 11.5 Å². The summed E-state index contributed by atoms with van der Waals surface area (Å²) in [5.74, 6) is 1.75. The molecule has 8 heteroatoms. The van der Waals surface area contributed by atoms with Gasteiger partial charge in [0.05, 0.1) is 12.8 Å². The van der Waals surface area contributed by atoms with E-state index in [2.05, 4.69) is 29.2 Å². The van der Waals surface area contributed by atoms with Crippen molar-refractivity contribution < 1.29 is 14.3 Å². The predicted molar refractivity (Wildman–Crippen MR) is 122 cm³/mol. The van der Waals surface area contributed by atoms with Gasteiger partial charge in [-0.05, 0) is 42.7 Å². The van der Waals surface area contributed by atoms with E-state index in [-0.39, 0.29) is 11.9 Å². The van der Waals surface area contributed by atoms with Gasteiger partial charge in [-0.3, -0.25) is 10.1 Å². The molecule has 0 aliphatic rings. The van der Waals surface area contributed by atoms with Crippen molar-refractivity contribution in [3.63, 3.8) is 0 Å². The van der Waals surface area contributed by atoms with E-state index >= 15 is 0 Å². The predicted octanol–water partition coefficient (Wildman–Crippen LogP) is 5.00. The number of nitrogens with one attached hydrogen (secondary N) is 1. The third kappa shape index (κ3) is 4.39. The van der Waals surface area contributed by atoms with E-state index in [1.807, 2.05) is 53.9 Å². The Balaban J connectivity index is 1.48. The minimum atomic E-state index is -0.694. The molecule has 2 aromatic carbocycles. The van der Waals surface area contributed by atoms with Crippen LogP contribution in [0.4, 0.5) is 5.95 Å². The highest BCUT2D eigenvalue weighted by Crippen LogP contribution is 2.32. The minimum Gasteiger partial charge on any atom is -0.496 e. The second kappa shape index (κ2) is 8.77. The number of nitrogens with zero attached hydrogens (tertiary/aromatic N) is 3. The third-order valence-corrected chi connectivity index (χ3v) is 5.74. The highest BCUT2D eigenvalue weighted by atomic mass is 32.1. The quantitative estimate of drug-likeness (QED) is 0.441. The van der Waals surface area contributed by atoms with Crippen LogP contribution in [0.5, 0.6) is 11.5 Å². The number of methoxy groups -OCH3 is 1. The van der Waals surface area contributed by atoms with Crippen molar-refractivity contribution in [2.45, 2.75) is 32.8 Å². The van der Waals surface area contributed by atoms with E-state index in [0.29, 0.717) is 16.6 Å². The van der Waals surface area contributed by atoms with Crippen molar-refractivity contribution in [2.24, 2.45) is 0 Å². The molecule has 1 N–H and O–H groups in total. The molecular weight excluding hydrogens is 412 g/mol. The van der Waals surface area contributed by atoms with Gasteiger partial charge in [0.15, 0.2) is 6.10 Å². The normalized spacial score (nSPS) is 12.2. The van der Waals surface area contributed by atoms with Crippen molar-refractivity contribution in [3.05, 3.63) is 59.5 Å². The van der Waals surface area contributed by atoms with Crippen LogP contribution in [-0.2, 0) is 4.79 Å². The number of aromatic nitrogens is 3. The van der Waals surface area contributed by atoms with Crippen LogP contribution in [0.25, 0.3) is 16.2 Å². The van der Waals surface area contributed by atoms with Crippen LogP contribution in [0.15, 0.2) is 53.9 Å². The van der Waals surface area contributed by atoms with E-state index in [4.69, 9.17) is 9.47 Å². The lowest BCUT2D eigenvalue weighted by atomic mass is 10.0. The fourth-order valence-corrected chi connectivity index (χ4v) is 4.00. The average molecular weight is 437 g/mol. The van der Waals surface area contributed by atoms with Gasteiger partial charge in [-0.15, -0.1) is 16.4 Å². The molecule has 0 aliphatic carbocycles. The third-order valence-electron chi connectivity index (χ3n) is 4.93.